The summed E-state index contributed by atoms with van der Waals surface area (Å²) >= 11 is 7.50. The van der Waals surface area contributed by atoms with Crippen molar-refractivity contribution in [2.75, 3.05) is 5.73 Å². The minimum absolute atomic E-state index is 0.313. The van der Waals surface area contributed by atoms with Crippen LogP contribution in [0, 0.1) is 0 Å². The van der Waals surface area contributed by atoms with Crippen molar-refractivity contribution in [1.29, 1.82) is 0 Å². The maximum absolute atomic E-state index is 5.94. The zero-order valence-corrected chi connectivity index (χ0v) is 8.72. The number of nitrogen functional groups attached to an aromatic ring is 1. The molecule has 0 atom stereocenters. The second-order valence-electron chi connectivity index (χ2n) is 2.62. The molecule has 0 fully saturated rings. The molecule has 0 unspecified atom stereocenters. The Morgan fingerprint density at radius 2 is 2.21 bits per heavy atom. The van der Waals surface area contributed by atoms with Gasteiger partial charge < -0.3 is 5.73 Å². The van der Waals surface area contributed by atoms with Crippen molar-refractivity contribution in [1.82, 2.24) is 15.0 Å². The molecule has 2 N–H and O–H groups in total. The average molecular weight is 227 g/mol. The van der Waals surface area contributed by atoms with E-state index in [4.69, 9.17) is 17.3 Å². The molecule has 0 spiro atoms. The highest BCUT2D eigenvalue weighted by Gasteiger charge is 2.08. The third-order valence-corrected chi connectivity index (χ3v) is 2.88. The molecule has 2 aromatic heterocycles. The fourth-order valence-corrected chi connectivity index (χ4v) is 1.81. The highest BCUT2D eigenvalue weighted by atomic mass is 35.5. The third kappa shape index (κ3) is 1.83. The Labute approximate surface area is 89.8 Å². The van der Waals surface area contributed by atoms with E-state index in [1.54, 1.807) is 17.5 Å². The van der Waals surface area contributed by atoms with Gasteiger partial charge in [0.2, 0.25) is 0 Å². The highest BCUT2D eigenvalue weighted by molar-refractivity contribution is 7.09. The zero-order chi connectivity index (χ0) is 9.97. The second-order valence-corrected chi connectivity index (χ2v) is 3.98. The van der Waals surface area contributed by atoms with Crippen LogP contribution in [0.25, 0.3) is 0 Å². The topological polar surface area (TPSA) is 64.7 Å². The summed E-state index contributed by atoms with van der Waals surface area (Å²) in [5.41, 5.74) is 6.27. The van der Waals surface area contributed by atoms with Crippen LogP contribution < -0.4 is 5.73 Å². The van der Waals surface area contributed by atoms with E-state index >= 15 is 0 Å². The number of hydrogen-bond acceptors (Lipinski definition) is 5. The minimum atomic E-state index is 0.313. The van der Waals surface area contributed by atoms with Crippen LogP contribution >= 0.6 is 22.9 Å². The molecule has 0 aromatic carbocycles. The SMILES string of the molecule is Nc1ncnc(Cc2nccs2)c1Cl. The molecular weight excluding hydrogens is 220 g/mol. The molecule has 4 nitrogen and oxygen atoms in total. The first-order valence-electron chi connectivity index (χ1n) is 3.90. The zero-order valence-electron chi connectivity index (χ0n) is 7.14. The molecule has 72 valence electrons. The van der Waals surface area contributed by atoms with Crippen molar-refractivity contribution in [3.05, 3.63) is 33.6 Å². The Hall–Kier alpha value is -1.20. The van der Waals surface area contributed by atoms with Gasteiger partial charge in [-0.3, -0.25) is 0 Å². The van der Waals surface area contributed by atoms with Crippen LogP contribution in [0.5, 0.6) is 0 Å². The maximum atomic E-state index is 5.94. The van der Waals surface area contributed by atoms with Crippen molar-refractivity contribution in [2.24, 2.45) is 0 Å². The average Bonchev–Trinajstić information content (AvgIpc) is 2.66. The summed E-state index contributed by atoms with van der Waals surface area (Å²) < 4.78 is 0. The van der Waals surface area contributed by atoms with Crippen LogP contribution in [0.2, 0.25) is 5.02 Å². The summed E-state index contributed by atoms with van der Waals surface area (Å²) in [6.45, 7) is 0. The Morgan fingerprint density at radius 1 is 1.36 bits per heavy atom. The molecule has 0 bridgehead atoms. The molecule has 6 heteroatoms. The van der Waals surface area contributed by atoms with Crippen LogP contribution in [0.1, 0.15) is 10.7 Å². The summed E-state index contributed by atoms with van der Waals surface area (Å²) in [7, 11) is 0. The molecule has 14 heavy (non-hydrogen) atoms. The normalized spacial score (nSPS) is 10.4. The number of halogens is 1. The number of hydrogen-bond donors (Lipinski definition) is 1. The van der Waals surface area contributed by atoms with E-state index in [1.165, 1.54) is 6.33 Å². The van der Waals surface area contributed by atoms with Gasteiger partial charge in [-0.1, -0.05) is 11.6 Å². The number of rotatable bonds is 2. The van der Waals surface area contributed by atoms with Gasteiger partial charge in [0.25, 0.3) is 0 Å². The number of anilines is 1. The lowest BCUT2D eigenvalue weighted by Crippen LogP contribution is -1.99. The highest BCUT2D eigenvalue weighted by Crippen LogP contribution is 2.21. The molecule has 0 aliphatic heterocycles. The van der Waals surface area contributed by atoms with E-state index in [2.05, 4.69) is 15.0 Å². The van der Waals surface area contributed by atoms with Gasteiger partial charge in [-0.15, -0.1) is 11.3 Å². The number of aromatic nitrogens is 3. The fourth-order valence-electron chi connectivity index (χ4n) is 1.03. The Morgan fingerprint density at radius 3 is 2.93 bits per heavy atom. The van der Waals surface area contributed by atoms with E-state index in [1.807, 2.05) is 5.38 Å². The van der Waals surface area contributed by atoms with Crippen LogP contribution in [0.3, 0.4) is 0 Å². The Balaban J connectivity index is 2.29. The lowest BCUT2D eigenvalue weighted by atomic mass is 10.3. The van der Waals surface area contributed by atoms with Gasteiger partial charge in [0.1, 0.15) is 17.2 Å². The minimum Gasteiger partial charge on any atom is -0.382 e. The van der Waals surface area contributed by atoms with Gasteiger partial charge in [-0.25, -0.2) is 15.0 Å². The van der Waals surface area contributed by atoms with E-state index < -0.39 is 0 Å². The van der Waals surface area contributed by atoms with E-state index in [-0.39, 0.29) is 0 Å². The fraction of sp³-hybridized carbons (Fsp3) is 0.125. The van der Waals surface area contributed by atoms with Gasteiger partial charge in [-0.05, 0) is 0 Å². The predicted molar refractivity (Wildman–Crippen MR) is 56.4 cm³/mol. The van der Waals surface area contributed by atoms with Gasteiger partial charge in [0.15, 0.2) is 0 Å². The van der Waals surface area contributed by atoms with Crippen molar-refractivity contribution in [2.45, 2.75) is 6.42 Å². The number of thiazole rings is 1. The van der Waals surface area contributed by atoms with Gasteiger partial charge >= 0.3 is 0 Å². The van der Waals surface area contributed by atoms with Crippen LogP contribution in [0.15, 0.2) is 17.9 Å². The van der Waals surface area contributed by atoms with Gasteiger partial charge in [0, 0.05) is 18.0 Å². The van der Waals surface area contributed by atoms with Crippen LogP contribution in [0.4, 0.5) is 5.82 Å². The number of nitrogens with zero attached hydrogens (tertiary/aromatic N) is 3. The molecule has 2 heterocycles. The molecule has 0 aliphatic rings. The molecule has 2 rings (SSSR count). The lowest BCUT2D eigenvalue weighted by Gasteiger charge is -2.01. The first kappa shape index (κ1) is 9.36. The first-order chi connectivity index (χ1) is 6.77. The molecule has 0 saturated heterocycles. The summed E-state index contributed by atoms with van der Waals surface area (Å²) in [6.07, 6.45) is 3.76. The molecule has 0 radical (unpaired) electrons. The van der Waals surface area contributed by atoms with Gasteiger partial charge in [0.05, 0.1) is 10.7 Å². The summed E-state index contributed by atoms with van der Waals surface area (Å²) in [5.74, 6) is 0.313. The summed E-state index contributed by atoms with van der Waals surface area (Å²) in [5, 5.41) is 3.29. The first-order valence-corrected chi connectivity index (χ1v) is 5.16. The molecule has 0 aliphatic carbocycles. The predicted octanol–water partition coefficient (Wildman–Crippen LogP) is 1.76. The lowest BCUT2D eigenvalue weighted by molar-refractivity contribution is 1.02. The van der Waals surface area contributed by atoms with E-state index in [9.17, 15) is 0 Å². The maximum Gasteiger partial charge on any atom is 0.145 e. The Bertz CT molecular complexity index is 429. The third-order valence-electron chi connectivity index (χ3n) is 1.69. The van der Waals surface area contributed by atoms with Crippen molar-refractivity contribution < 1.29 is 0 Å². The molecular formula is C8H7ClN4S. The molecule has 0 amide bonds. The van der Waals surface area contributed by atoms with E-state index in [0.29, 0.717) is 23.0 Å². The van der Waals surface area contributed by atoms with Crippen LogP contribution in [-0.2, 0) is 6.42 Å². The van der Waals surface area contributed by atoms with E-state index in [0.717, 1.165) is 5.01 Å². The largest absolute Gasteiger partial charge is 0.382 e. The summed E-state index contributed by atoms with van der Waals surface area (Å²) in [6, 6.07) is 0. The smallest absolute Gasteiger partial charge is 0.145 e. The van der Waals surface area contributed by atoms with Crippen LogP contribution in [-0.4, -0.2) is 15.0 Å². The molecule has 0 saturated carbocycles. The standard InChI is InChI=1S/C8H7ClN4S/c9-7-5(12-4-13-8(7)10)3-6-11-1-2-14-6/h1-2,4H,3H2,(H2,10,12,13). The quantitative estimate of drug-likeness (QED) is 0.848. The second kappa shape index (κ2) is 3.89. The molecule has 2 aromatic rings. The number of nitrogens with two attached hydrogens (primary N) is 1. The Kier molecular flexibility index (Phi) is 2.60. The summed E-state index contributed by atoms with van der Waals surface area (Å²) in [4.78, 5) is 12.0. The van der Waals surface area contributed by atoms with Gasteiger partial charge in [-0.2, -0.15) is 0 Å². The monoisotopic (exact) mass is 226 g/mol. The van der Waals surface area contributed by atoms with Crippen molar-refractivity contribution >= 4 is 28.8 Å². The van der Waals surface area contributed by atoms with Crippen molar-refractivity contribution in [3.8, 4) is 0 Å². The van der Waals surface area contributed by atoms with Crippen molar-refractivity contribution in [3.63, 3.8) is 0 Å².